The van der Waals surface area contributed by atoms with Gasteiger partial charge in [0.15, 0.2) is 0 Å². The van der Waals surface area contributed by atoms with Crippen LogP contribution in [0.25, 0.3) is 0 Å². The molecule has 0 saturated carbocycles. The molecule has 0 aliphatic rings. The Balaban J connectivity index is 2.66. The number of aliphatic hydroxyl groups excluding tert-OH is 1. The quantitative estimate of drug-likeness (QED) is 0.633. The van der Waals surface area contributed by atoms with Crippen LogP contribution in [0.5, 0.6) is 11.5 Å². The number of phenols is 2. The summed E-state index contributed by atoms with van der Waals surface area (Å²) >= 11 is 0. The molecule has 0 bridgehead atoms. The maximum atomic E-state index is 9.71. The van der Waals surface area contributed by atoms with Gasteiger partial charge in [-0.1, -0.05) is 6.07 Å². The Kier molecular flexibility index (Phi) is 4.78. The van der Waals surface area contributed by atoms with E-state index in [2.05, 4.69) is 5.32 Å². The van der Waals surface area contributed by atoms with Crippen molar-refractivity contribution in [3.63, 3.8) is 0 Å². The van der Waals surface area contributed by atoms with Crippen LogP contribution in [0.15, 0.2) is 18.2 Å². The lowest BCUT2D eigenvalue weighted by Crippen LogP contribution is -2.31. The number of benzene rings is 1. The van der Waals surface area contributed by atoms with Crippen molar-refractivity contribution in [2.75, 3.05) is 0 Å². The van der Waals surface area contributed by atoms with E-state index in [1.165, 1.54) is 6.07 Å². The SMILES string of the molecule is CC(O)CC(C)NC(C)c1ccc(O)cc1O. The summed E-state index contributed by atoms with van der Waals surface area (Å²) < 4.78 is 0. The first kappa shape index (κ1) is 13.8. The first-order valence-electron chi connectivity index (χ1n) is 5.86. The van der Waals surface area contributed by atoms with E-state index in [0.29, 0.717) is 6.42 Å². The summed E-state index contributed by atoms with van der Waals surface area (Å²) in [7, 11) is 0. The van der Waals surface area contributed by atoms with Crippen molar-refractivity contribution in [3.05, 3.63) is 23.8 Å². The number of phenolic OH excluding ortho intramolecular Hbond substituents is 2. The van der Waals surface area contributed by atoms with Gasteiger partial charge in [-0.3, -0.25) is 0 Å². The van der Waals surface area contributed by atoms with Gasteiger partial charge >= 0.3 is 0 Å². The fourth-order valence-corrected chi connectivity index (χ4v) is 1.99. The van der Waals surface area contributed by atoms with E-state index in [-0.39, 0.29) is 29.7 Å². The van der Waals surface area contributed by atoms with Crippen LogP contribution >= 0.6 is 0 Å². The molecule has 96 valence electrons. The molecule has 0 aliphatic carbocycles. The molecule has 17 heavy (non-hydrogen) atoms. The summed E-state index contributed by atoms with van der Waals surface area (Å²) in [5.41, 5.74) is 0.736. The molecule has 0 amide bonds. The Labute approximate surface area is 102 Å². The van der Waals surface area contributed by atoms with Gasteiger partial charge in [0.1, 0.15) is 11.5 Å². The number of aliphatic hydroxyl groups is 1. The molecule has 4 heteroatoms. The zero-order valence-electron chi connectivity index (χ0n) is 10.5. The highest BCUT2D eigenvalue weighted by Gasteiger charge is 2.14. The first-order chi connectivity index (χ1) is 7.90. The van der Waals surface area contributed by atoms with Crippen molar-refractivity contribution < 1.29 is 15.3 Å². The number of hydrogen-bond acceptors (Lipinski definition) is 4. The summed E-state index contributed by atoms with van der Waals surface area (Å²) in [6, 6.07) is 4.68. The Hall–Kier alpha value is -1.26. The van der Waals surface area contributed by atoms with Crippen LogP contribution in [0.4, 0.5) is 0 Å². The van der Waals surface area contributed by atoms with Gasteiger partial charge in [0, 0.05) is 23.7 Å². The van der Waals surface area contributed by atoms with Crippen LogP contribution in [0, 0.1) is 0 Å². The molecule has 3 atom stereocenters. The van der Waals surface area contributed by atoms with Crippen LogP contribution in [0.1, 0.15) is 38.8 Å². The van der Waals surface area contributed by atoms with Crippen molar-refractivity contribution in [1.29, 1.82) is 0 Å². The number of rotatable bonds is 5. The monoisotopic (exact) mass is 239 g/mol. The minimum atomic E-state index is -0.349. The van der Waals surface area contributed by atoms with Gasteiger partial charge in [0.2, 0.25) is 0 Å². The van der Waals surface area contributed by atoms with Gasteiger partial charge in [-0.25, -0.2) is 0 Å². The summed E-state index contributed by atoms with van der Waals surface area (Å²) in [6.45, 7) is 5.67. The smallest absolute Gasteiger partial charge is 0.124 e. The van der Waals surface area contributed by atoms with Crippen LogP contribution < -0.4 is 5.32 Å². The van der Waals surface area contributed by atoms with Gasteiger partial charge in [-0.05, 0) is 33.3 Å². The summed E-state index contributed by atoms with van der Waals surface area (Å²) in [4.78, 5) is 0. The summed E-state index contributed by atoms with van der Waals surface area (Å²) in [6.07, 6.45) is 0.307. The van der Waals surface area contributed by atoms with E-state index in [1.54, 1.807) is 19.1 Å². The highest BCUT2D eigenvalue weighted by Crippen LogP contribution is 2.28. The van der Waals surface area contributed by atoms with E-state index in [4.69, 9.17) is 0 Å². The highest BCUT2D eigenvalue weighted by molar-refractivity contribution is 5.40. The third-order valence-corrected chi connectivity index (χ3v) is 2.71. The Morgan fingerprint density at radius 1 is 1.18 bits per heavy atom. The van der Waals surface area contributed by atoms with E-state index in [1.807, 2.05) is 13.8 Å². The Morgan fingerprint density at radius 2 is 1.82 bits per heavy atom. The second-order valence-electron chi connectivity index (χ2n) is 4.62. The summed E-state index contributed by atoms with van der Waals surface area (Å²) in [5.74, 6) is 0.129. The molecule has 0 aliphatic heterocycles. The zero-order chi connectivity index (χ0) is 13.0. The van der Waals surface area contributed by atoms with Gasteiger partial charge in [-0.15, -0.1) is 0 Å². The molecule has 0 heterocycles. The van der Waals surface area contributed by atoms with Crippen molar-refractivity contribution in [3.8, 4) is 11.5 Å². The number of hydrogen-bond donors (Lipinski definition) is 4. The number of aromatic hydroxyl groups is 2. The molecule has 0 fully saturated rings. The lowest BCUT2D eigenvalue weighted by molar-refractivity contribution is 0.168. The van der Waals surface area contributed by atoms with Gasteiger partial charge in [0.05, 0.1) is 6.10 Å². The molecule has 1 aromatic carbocycles. The molecule has 1 aromatic rings. The van der Waals surface area contributed by atoms with Crippen molar-refractivity contribution in [2.45, 2.75) is 45.4 Å². The normalized spacial score (nSPS) is 16.5. The average molecular weight is 239 g/mol. The maximum absolute atomic E-state index is 9.71. The molecule has 4 N–H and O–H groups in total. The van der Waals surface area contributed by atoms with E-state index in [0.717, 1.165) is 5.56 Å². The molecular weight excluding hydrogens is 218 g/mol. The predicted molar refractivity (Wildman–Crippen MR) is 67.1 cm³/mol. The molecule has 0 saturated heterocycles. The third-order valence-electron chi connectivity index (χ3n) is 2.71. The molecule has 3 unspecified atom stereocenters. The lowest BCUT2D eigenvalue weighted by Gasteiger charge is -2.22. The second kappa shape index (κ2) is 5.89. The third kappa shape index (κ3) is 4.24. The maximum Gasteiger partial charge on any atom is 0.124 e. The second-order valence-corrected chi connectivity index (χ2v) is 4.62. The molecule has 0 aromatic heterocycles. The topological polar surface area (TPSA) is 72.7 Å². The Morgan fingerprint density at radius 3 is 2.35 bits per heavy atom. The van der Waals surface area contributed by atoms with Crippen molar-refractivity contribution in [1.82, 2.24) is 5.32 Å². The van der Waals surface area contributed by atoms with Crippen LogP contribution in [-0.4, -0.2) is 27.5 Å². The Bertz CT molecular complexity index is 366. The van der Waals surface area contributed by atoms with Crippen molar-refractivity contribution >= 4 is 0 Å². The first-order valence-corrected chi connectivity index (χ1v) is 5.86. The lowest BCUT2D eigenvalue weighted by atomic mass is 10.0. The highest BCUT2D eigenvalue weighted by atomic mass is 16.3. The largest absolute Gasteiger partial charge is 0.508 e. The van der Waals surface area contributed by atoms with Crippen LogP contribution in [0.3, 0.4) is 0 Å². The number of nitrogens with one attached hydrogen (secondary N) is 1. The van der Waals surface area contributed by atoms with Crippen LogP contribution in [0.2, 0.25) is 0 Å². The standard InChI is InChI=1S/C13H21NO3/c1-8(6-9(2)15)14-10(3)12-5-4-11(16)7-13(12)17/h4-5,7-10,14-17H,6H2,1-3H3. The van der Waals surface area contributed by atoms with E-state index < -0.39 is 0 Å². The average Bonchev–Trinajstić information content (AvgIpc) is 2.15. The summed E-state index contributed by atoms with van der Waals surface area (Å²) in [5, 5.41) is 31.5. The predicted octanol–water partition coefficient (Wildman–Crippen LogP) is 1.91. The molecule has 1 rings (SSSR count). The van der Waals surface area contributed by atoms with Crippen molar-refractivity contribution in [2.24, 2.45) is 0 Å². The fraction of sp³-hybridized carbons (Fsp3) is 0.538. The minimum absolute atomic E-state index is 0.0376. The molecule has 4 nitrogen and oxygen atoms in total. The molecule has 0 spiro atoms. The molecular formula is C13H21NO3. The van der Waals surface area contributed by atoms with Crippen LogP contribution in [-0.2, 0) is 0 Å². The van der Waals surface area contributed by atoms with Gasteiger partial charge < -0.3 is 20.6 Å². The zero-order valence-corrected chi connectivity index (χ0v) is 10.5. The fourth-order valence-electron chi connectivity index (χ4n) is 1.99. The van der Waals surface area contributed by atoms with Gasteiger partial charge in [-0.2, -0.15) is 0 Å². The minimum Gasteiger partial charge on any atom is -0.508 e. The molecule has 0 radical (unpaired) electrons. The van der Waals surface area contributed by atoms with E-state index >= 15 is 0 Å². The van der Waals surface area contributed by atoms with Gasteiger partial charge in [0.25, 0.3) is 0 Å². The van der Waals surface area contributed by atoms with E-state index in [9.17, 15) is 15.3 Å².